The largest absolute Gasteiger partial charge is 0.442 e. The molecule has 0 aromatic carbocycles. The number of rotatable bonds is 3. The predicted molar refractivity (Wildman–Crippen MR) is 68.2 cm³/mol. The molecule has 6 nitrogen and oxygen atoms in total. The van der Waals surface area contributed by atoms with Gasteiger partial charge in [-0.15, -0.1) is 0 Å². The van der Waals surface area contributed by atoms with Gasteiger partial charge in [0.25, 0.3) is 0 Å². The number of nitrogens with zero attached hydrogens (tertiary/aromatic N) is 2. The van der Waals surface area contributed by atoms with E-state index in [9.17, 15) is 9.59 Å². The number of aromatic nitrogens is 1. The van der Waals surface area contributed by atoms with Crippen molar-refractivity contribution in [2.75, 3.05) is 18.0 Å². The van der Waals surface area contributed by atoms with Crippen LogP contribution in [0.5, 0.6) is 0 Å². The molecule has 0 radical (unpaired) electrons. The molecule has 2 heterocycles. The highest BCUT2D eigenvalue weighted by molar-refractivity contribution is 9.10. The maximum Gasteiger partial charge on any atom is 0.416 e. The summed E-state index contributed by atoms with van der Waals surface area (Å²) in [6.07, 6.45) is 0.830. The maximum atomic E-state index is 11.7. The third-order valence-electron chi connectivity index (χ3n) is 2.44. The summed E-state index contributed by atoms with van der Waals surface area (Å²) in [5, 5.41) is 2.62. The van der Waals surface area contributed by atoms with E-state index in [1.807, 2.05) is 0 Å². The molecule has 0 bridgehead atoms. The number of carbonyl (C=O) groups excluding carboxylic acids is 2. The lowest BCUT2D eigenvalue weighted by Gasteiger charge is -2.11. The molecule has 2 amide bonds. The van der Waals surface area contributed by atoms with Crippen molar-refractivity contribution >= 4 is 33.7 Å². The van der Waals surface area contributed by atoms with E-state index in [0.717, 1.165) is 4.47 Å². The highest BCUT2D eigenvalue weighted by atomic mass is 79.9. The van der Waals surface area contributed by atoms with Crippen molar-refractivity contribution in [3.8, 4) is 0 Å². The quantitative estimate of drug-likeness (QED) is 0.913. The minimum absolute atomic E-state index is 0.147. The molecule has 18 heavy (non-hydrogen) atoms. The molecule has 2 rings (SSSR count). The van der Waals surface area contributed by atoms with Crippen molar-refractivity contribution < 1.29 is 14.3 Å². The molecule has 1 aliphatic heterocycles. The second-order valence-corrected chi connectivity index (χ2v) is 4.80. The van der Waals surface area contributed by atoms with E-state index in [-0.39, 0.29) is 12.0 Å². The summed E-state index contributed by atoms with van der Waals surface area (Å²) >= 11 is 3.28. The molecule has 1 aliphatic rings. The van der Waals surface area contributed by atoms with Crippen molar-refractivity contribution in [2.45, 2.75) is 13.0 Å². The van der Waals surface area contributed by atoms with Crippen LogP contribution in [-0.4, -0.2) is 36.2 Å². The fourth-order valence-corrected chi connectivity index (χ4v) is 1.83. The molecule has 1 aromatic rings. The monoisotopic (exact) mass is 313 g/mol. The molecule has 1 fully saturated rings. The average molecular weight is 314 g/mol. The van der Waals surface area contributed by atoms with Crippen LogP contribution in [0.2, 0.25) is 0 Å². The van der Waals surface area contributed by atoms with Gasteiger partial charge < -0.3 is 10.1 Å². The van der Waals surface area contributed by atoms with Crippen LogP contribution in [-0.2, 0) is 9.53 Å². The summed E-state index contributed by atoms with van der Waals surface area (Å²) in [6.45, 7) is 2.12. The Kier molecular flexibility index (Phi) is 3.81. The van der Waals surface area contributed by atoms with Gasteiger partial charge in [0.15, 0.2) is 0 Å². The first-order valence-electron chi connectivity index (χ1n) is 5.40. The molecule has 0 aliphatic carbocycles. The van der Waals surface area contributed by atoms with E-state index >= 15 is 0 Å². The van der Waals surface area contributed by atoms with Crippen molar-refractivity contribution in [1.82, 2.24) is 10.3 Å². The number of ether oxygens (including phenoxy) is 1. The first kappa shape index (κ1) is 12.8. The number of nitrogens with one attached hydrogen (secondary N) is 1. The van der Waals surface area contributed by atoms with Gasteiger partial charge >= 0.3 is 6.09 Å². The molecular weight excluding hydrogens is 302 g/mol. The van der Waals surface area contributed by atoms with Crippen LogP contribution >= 0.6 is 15.9 Å². The fraction of sp³-hybridized carbons (Fsp3) is 0.364. The molecule has 0 spiro atoms. The third-order valence-corrected chi connectivity index (χ3v) is 2.91. The number of pyridine rings is 1. The van der Waals surface area contributed by atoms with Crippen molar-refractivity contribution in [2.24, 2.45) is 0 Å². The number of carbonyl (C=O) groups is 2. The van der Waals surface area contributed by atoms with Crippen LogP contribution in [0.4, 0.5) is 10.6 Å². The second kappa shape index (κ2) is 5.34. The van der Waals surface area contributed by atoms with Gasteiger partial charge in [-0.25, -0.2) is 9.78 Å². The minimum atomic E-state index is -0.444. The van der Waals surface area contributed by atoms with Crippen molar-refractivity contribution in [3.05, 3.63) is 22.8 Å². The molecule has 1 N–H and O–H groups in total. The number of hydrogen-bond donors (Lipinski definition) is 1. The smallest absolute Gasteiger partial charge is 0.416 e. The van der Waals surface area contributed by atoms with Gasteiger partial charge in [-0.05, 0) is 28.1 Å². The SMILES string of the molecule is CC(=O)NC[C@H]1CN(c2ccc(Br)cn2)C(=O)O1. The number of amides is 2. The normalized spacial score (nSPS) is 18.7. The standard InChI is InChI=1S/C11H12BrN3O3/c1-7(16)13-5-9-6-15(11(17)18-9)10-3-2-8(12)4-14-10/h2-4,9H,5-6H2,1H3,(H,13,16)/t9-/m0/s1. The lowest BCUT2D eigenvalue weighted by Crippen LogP contribution is -2.33. The zero-order valence-corrected chi connectivity index (χ0v) is 11.3. The topological polar surface area (TPSA) is 71.5 Å². The molecule has 1 saturated heterocycles. The summed E-state index contributed by atoms with van der Waals surface area (Å²) in [5.41, 5.74) is 0. The Bertz CT molecular complexity index is 463. The van der Waals surface area contributed by atoms with Crippen LogP contribution in [0.3, 0.4) is 0 Å². The average Bonchev–Trinajstić information content (AvgIpc) is 2.69. The first-order chi connectivity index (χ1) is 8.56. The highest BCUT2D eigenvalue weighted by Gasteiger charge is 2.32. The molecule has 96 valence electrons. The van der Waals surface area contributed by atoms with Crippen LogP contribution in [0.1, 0.15) is 6.92 Å². The molecular formula is C11H12BrN3O3. The van der Waals surface area contributed by atoms with Gasteiger partial charge in [0.2, 0.25) is 5.91 Å². The van der Waals surface area contributed by atoms with Gasteiger partial charge in [0.1, 0.15) is 11.9 Å². The van der Waals surface area contributed by atoms with Crippen LogP contribution in [0, 0.1) is 0 Å². The van der Waals surface area contributed by atoms with Gasteiger partial charge in [0, 0.05) is 17.6 Å². The van der Waals surface area contributed by atoms with E-state index in [0.29, 0.717) is 18.9 Å². The Morgan fingerprint density at radius 3 is 3.06 bits per heavy atom. The van der Waals surface area contributed by atoms with Gasteiger partial charge in [-0.2, -0.15) is 0 Å². The summed E-state index contributed by atoms with van der Waals surface area (Å²) in [7, 11) is 0. The van der Waals surface area contributed by atoms with Gasteiger partial charge in [-0.3, -0.25) is 9.69 Å². The lowest BCUT2D eigenvalue weighted by molar-refractivity contribution is -0.119. The van der Waals surface area contributed by atoms with Gasteiger partial charge in [0.05, 0.1) is 13.1 Å². The second-order valence-electron chi connectivity index (χ2n) is 3.89. The van der Waals surface area contributed by atoms with Crippen molar-refractivity contribution in [3.63, 3.8) is 0 Å². The van der Waals surface area contributed by atoms with Crippen molar-refractivity contribution in [1.29, 1.82) is 0 Å². The Hall–Kier alpha value is -1.63. The Labute approximate surface area is 112 Å². The van der Waals surface area contributed by atoms with Crippen LogP contribution in [0.15, 0.2) is 22.8 Å². The van der Waals surface area contributed by atoms with E-state index in [1.165, 1.54) is 11.8 Å². The predicted octanol–water partition coefficient (Wildman–Crippen LogP) is 1.31. The van der Waals surface area contributed by atoms with Crippen LogP contribution in [0.25, 0.3) is 0 Å². The number of anilines is 1. The molecule has 0 unspecified atom stereocenters. The molecule has 1 aromatic heterocycles. The highest BCUT2D eigenvalue weighted by Crippen LogP contribution is 2.20. The Morgan fingerprint density at radius 2 is 2.44 bits per heavy atom. The lowest BCUT2D eigenvalue weighted by atomic mass is 10.3. The summed E-state index contributed by atoms with van der Waals surface area (Å²) in [6, 6.07) is 3.53. The Balaban J connectivity index is 2.00. The summed E-state index contributed by atoms with van der Waals surface area (Å²) in [5.74, 6) is 0.389. The van der Waals surface area contributed by atoms with E-state index in [1.54, 1.807) is 18.3 Å². The number of cyclic esters (lactones) is 1. The molecule has 1 atom stereocenters. The van der Waals surface area contributed by atoms with E-state index < -0.39 is 6.09 Å². The maximum absolute atomic E-state index is 11.7. The first-order valence-corrected chi connectivity index (χ1v) is 6.19. The molecule has 7 heteroatoms. The zero-order valence-electron chi connectivity index (χ0n) is 9.72. The number of halogens is 1. The van der Waals surface area contributed by atoms with E-state index in [2.05, 4.69) is 26.2 Å². The Morgan fingerprint density at radius 1 is 1.67 bits per heavy atom. The van der Waals surface area contributed by atoms with Gasteiger partial charge in [-0.1, -0.05) is 0 Å². The minimum Gasteiger partial charge on any atom is -0.442 e. The zero-order chi connectivity index (χ0) is 13.1. The van der Waals surface area contributed by atoms with E-state index in [4.69, 9.17) is 4.74 Å². The van der Waals surface area contributed by atoms with Crippen LogP contribution < -0.4 is 10.2 Å². The molecule has 0 saturated carbocycles. The fourth-order valence-electron chi connectivity index (χ4n) is 1.60. The number of hydrogen-bond acceptors (Lipinski definition) is 4. The third kappa shape index (κ3) is 2.98. The summed E-state index contributed by atoms with van der Waals surface area (Å²) in [4.78, 5) is 28.0. The summed E-state index contributed by atoms with van der Waals surface area (Å²) < 4.78 is 5.97.